The van der Waals surface area contributed by atoms with Gasteiger partial charge in [0.2, 0.25) is 0 Å². The highest BCUT2D eigenvalue weighted by molar-refractivity contribution is 6.02. The molecule has 6 nitrogen and oxygen atoms in total. The van der Waals surface area contributed by atoms with E-state index < -0.39 is 17.9 Å². The number of urea groups is 1. The molecule has 3 amide bonds. The Morgan fingerprint density at radius 3 is 2.41 bits per heavy atom. The molecule has 0 aromatic rings. The minimum Gasteiger partial charge on any atom is -0.478 e. The third kappa shape index (κ3) is 3.90. The van der Waals surface area contributed by atoms with Crippen LogP contribution in [0.25, 0.3) is 0 Å². The Bertz CT molecular complexity index is 364. The topological polar surface area (TPSA) is 86.7 Å². The summed E-state index contributed by atoms with van der Waals surface area (Å²) in [4.78, 5) is 34.6. The van der Waals surface area contributed by atoms with Crippen molar-refractivity contribution in [1.82, 2.24) is 10.2 Å². The van der Waals surface area contributed by atoms with Crippen LogP contribution in [0.15, 0.2) is 12.2 Å². The van der Waals surface area contributed by atoms with Crippen molar-refractivity contribution in [1.29, 1.82) is 0 Å². The van der Waals surface area contributed by atoms with E-state index in [1.54, 1.807) is 4.90 Å². The van der Waals surface area contributed by atoms with Crippen molar-refractivity contribution in [2.45, 2.75) is 26.3 Å². The monoisotopic (exact) mass is 240 g/mol. The van der Waals surface area contributed by atoms with Gasteiger partial charge in [0, 0.05) is 24.7 Å². The maximum Gasteiger partial charge on any atom is 0.328 e. The summed E-state index contributed by atoms with van der Waals surface area (Å²) in [6, 6.07) is -0.372. The minimum atomic E-state index is -1.23. The van der Waals surface area contributed by atoms with E-state index in [0.29, 0.717) is 18.5 Å². The Labute approximate surface area is 99.3 Å². The molecule has 2 atom stereocenters. The van der Waals surface area contributed by atoms with E-state index in [-0.39, 0.29) is 6.04 Å². The average Bonchev–Trinajstić information content (AvgIpc) is 2.55. The third-order valence-electron chi connectivity index (χ3n) is 2.65. The summed E-state index contributed by atoms with van der Waals surface area (Å²) in [5.41, 5.74) is 0. The number of hydrogen-bond acceptors (Lipinski definition) is 3. The normalized spacial score (nSPS) is 24.0. The van der Waals surface area contributed by atoms with Crippen LogP contribution in [-0.4, -0.2) is 40.5 Å². The zero-order chi connectivity index (χ0) is 13.0. The molecule has 2 N–H and O–H groups in total. The number of carboxylic acid groups (broad SMARTS) is 1. The van der Waals surface area contributed by atoms with Gasteiger partial charge in [-0.25, -0.2) is 9.59 Å². The molecule has 0 spiro atoms. The molecule has 94 valence electrons. The fourth-order valence-corrected chi connectivity index (χ4v) is 1.95. The standard InChI is InChI=1S/C11H16N2O4/c1-7-5-8(2)13(6-7)11(17)12-9(14)3-4-10(15)16/h3-4,7-8H,5-6H2,1-2H3,(H,15,16)(H,12,14,17)/b4-3+. The molecule has 17 heavy (non-hydrogen) atoms. The molecule has 0 radical (unpaired) electrons. The highest BCUT2D eigenvalue weighted by atomic mass is 16.4. The van der Waals surface area contributed by atoms with Crippen LogP contribution in [0, 0.1) is 5.92 Å². The van der Waals surface area contributed by atoms with E-state index >= 15 is 0 Å². The first-order valence-electron chi connectivity index (χ1n) is 5.42. The van der Waals surface area contributed by atoms with Crippen LogP contribution in [0.1, 0.15) is 20.3 Å². The van der Waals surface area contributed by atoms with Crippen molar-refractivity contribution in [3.63, 3.8) is 0 Å². The Hall–Kier alpha value is -1.85. The molecule has 1 heterocycles. The first kappa shape index (κ1) is 13.2. The molecule has 6 heteroatoms. The number of likely N-dealkylation sites (tertiary alicyclic amines) is 1. The number of nitrogens with one attached hydrogen (secondary N) is 1. The van der Waals surface area contributed by atoms with Gasteiger partial charge in [0.15, 0.2) is 0 Å². The second kappa shape index (κ2) is 5.47. The Kier molecular flexibility index (Phi) is 4.25. The first-order chi connectivity index (χ1) is 7.90. The van der Waals surface area contributed by atoms with Crippen molar-refractivity contribution in [3.05, 3.63) is 12.2 Å². The number of carbonyl (C=O) groups excluding carboxylic acids is 2. The molecule has 1 aliphatic rings. The van der Waals surface area contributed by atoms with Gasteiger partial charge >= 0.3 is 12.0 Å². The number of nitrogens with zero attached hydrogens (tertiary/aromatic N) is 1. The molecule has 0 aliphatic carbocycles. The molecule has 2 unspecified atom stereocenters. The van der Waals surface area contributed by atoms with Crippen LogP contribution >= 0.6 is 0 Å². The lowest BCUT2D eigenvalue weighted by Crippen LogP contribution is -2.44. The molecule has 0 bridgehead atoms. The van der Waals surface area contributed by atoms with Crippen LogP contribution < -0.4 is 5.32 Å². The maximum atomic E-state index is 11.7. The van der Waals surface area contributed by atoms with Gasteiger partial charge in [-0.05, 0) is 19.3 Å². The van der Waals surface area contributed by atoms with Gasteiger partial charge in [0.1, 0.15) is 0 Å². The highest BCUT2D eigenvalue weighted by Crippen LogP contribution is 2.21. The lowest BCUT2D eigenvalue weighted by molar-refractivity contribution is -0.131. The van der Waals surface area contributed by atoms with Crippen LogP contribution in [0.5, 0.6) is 0 Å². The van der Waals surface area contributed by atoms with E-state index in [1.807, 2.05) is 13.8 Å². The smallest absolute Gasteiger partial charge is 0.328 e. The highest BCUT2D eigenvalue weighted by Gasteiger charge is 2.30. The molecule has 0 saturated carbocycles. The van der Waals surface area contributed by atoms with Crippen LogP contribution in [0.2, 0.25) is 0 Å². The summed E-state index contributed by atoms with van der Waals surface area (Å²) in [7, 11) is 0. The molecular weight excluding hydrogens is 224 g/mol. The largest absolute Gasteiger partial charge is 0.478 e. The summed E-state index contributed by atoms with van der Waals surface area (Å²) in [5, 5.41) is 10.4. The fourth-order valence-electron chi connectivity index (χ4n) is 1.95. The molecule has 0 aromatic heterocycles. The van der Waals surface area contributed by atoms with Gasteiger partial charge in [0.25, 0.3) is 5.91 Å². The van der Waals surface area contributed by atoms with Gasteiger partial charge in [-0.3, -0.25) is 10.1 Å². The van der Waals surface area contributed by atoms with E-state index in [4.69, 9.17) is 5.11 Å². The molecule has 1 fully saturated rings. The number of aliphatic carboxylic acids is 1. The number of rotatable bonds is 2. The van der Waals surface area contributed by atoms with Gasteiger partial charge < -0.3 is 10.0 Å². The van der Waals surface area contributed by atoms with Crippen molar-refractivity contribution >= 4 is 17.9 Å². The van der Waals surface area contributed by atoms with Crippen LogP contribution in [0.3, 0.4) is 0 Å². The van der Waals surface area contributed by atoms with Gasteiger partial charge in [-0.1, -0.05) is 6.92 Å². The van der Waals surface area contributed by atoms with Crippen molar-refractivity contribution in [2.75, 3.05) is 6.54 Å². The van der Waals surface area contributed by atoms with Crippen molar-refractivity contribution in [2.24, 2.45) is 5.92 Å². The second-order valence-electron chi connectivity index (χ2n) is 4.31. The predicted molar refractivity (Wildman–Crippen MR) is 60.3 cm³/mol. The number of carboxylic acids is 1. The quantitative estimate of drug-likeness (QED) is 0.692. The molecule has 1 aliphatic heterocycles. The fraction of sp³-hybridized carbons (Fsp3) is 0.545. The molecule has 0 aromatic carbocycles. The maximum absolute atomic E-state index is 11.7. The first-order valence-corrected chi connectivity index (χ1v) is 5.42. The lowest BCUT2D eigenvalue weighted by Gasteiger charge is -2.20. The average molecular weight is 240 g/mol. The third-order valence-corrected chi connectivity index (χ3v) is 2.65. The van der Waals surface area contributed by atoms with Crippen LogP contribution in [0.4, 0.5) is 4.79 Å². The van der Waals surface area contributed by atoms with Gasteiger partial charge in [0.05, 0.1) is 0 Å². The van der Waals surface area contributed by atoms with Crippen molar-refractivity contribution in [3.8, 4) is 0 Å². The number of amides is 3. The number of hydrogen-bond donors (Lipinski definition) is 2. The zero-order valence-corrected chi connectivity index (χ0v) is 9.84. The van der Waals surface area contributed by atoms with Crippen molar-refractivity contribution < 1.29 is 19.5 Å². The zero-order valence-electron chi connectivity index (χ0n) is 9.84. The summed E-state index contributed by atoms with van der Waals surface area (Å²) in [6.45, 7) is 4.57. The van der Waals surface area contributed by atoms with Gasteiger partial charge in [-0.15, -0.1) is 0 Å². The van der Waals surface area contributed by atoms with E-state index in [0.717, 1.165) is 12.5 Å². The molecule has 1 saturated heterocycles. The number of carbonyl (C=O) groups is 3. The lowest BCUT2D eigenvalue weighted by atomic mass is 10.1. The Morgan fingerprint density at radius 2 is 1.94 bits per heavy atom. The second-order valence-corrected chi connectivity index (χ2v) is 4.31. The van der Waals surface area contributed by atoms with E-state index in [9.17, 15) is 14.4 Å². The minimum absolute atomic E-state index is 0.0984. The molecule has 1 rings (SSSR count). The summed E-state index contributed by atoms with van der Waals surface area (Å²) in [6.07, 6.45) is 2.43. The van der Waals surface area contributed by atoms with E-state index in [2.05, 4.69) is 5.32 Å². The number of imide groups is 1. The molecular formula is C11H16N2O4. The van der Waals surface area contributed by atoms with E-state index in [1.165, 1.54) is 0 Å². The summed E-state index contributed by atoms with van der Waals surface area (Å²) < 4.78 is 0. The summed E-state index contributed by atoms with van der Waals surface area (Å²) >= 11 is 0. The van der Waals surface area contributed by atoms with Crippen LogP contribution in [-0.2, 0) is 9.59 Å². The Balaban J connectivity index is 2.49. The SMILES string of the molecule is CC1CC(C)N(C(=O)NC(=O)/C=C/C(=O)O)C1. The van der Waals surface area contributed by atoms with Gasteiger partial charge in [-0.2, -0.15) is 0 Å². The Morgan fingerprint density at radius 1 is 1.29 bits per heavy atom. The predicted octanol–water partition coefficient (Wildman–Crippen LogP) is 0.594. The summed E-state index contributed by atoms with van der Waals surface area (Å²) in [5.74, 6) is -1.53.